The standard InChI is InChI=1S/C4H6O3.H2O4S/c5-4(6)2-1-3-7-4;1-5(2,3)4/h1-2,5-6H,3H2;(H2,1,2,3,4). The van der Waals surface area contributed by atoms with Crippen LogP contribution in [0.15, 0.2) is 12.2 Å². The van der Waals surface area contributed by atoms with Crippen LogP contribution in [0.25, 0.3) is 0 Å². The van der Waals surface area contributed by atoms with Gasteiger partial charge < -0.3 is 14.9 Å². The molecule has 0 aromatic heterocycles. The van der Waals surface area contributed by atoms with Gasteiger partial charge in [-0.05, 0) is 0 Å². The van der Waals surface area contributed by atoms with Gasteiger partial charge >= 0.3 is 10.4 Å². The highest BCUT2D eigenvalue weighted by molar-refractivity contribution is 7.79. The number of ether oxygens (including phenoxy) is 1. The molecule has 8 heteroatoms. The van der Waals surface area contributed by atoms with Crippen molar-refractivity contribution in [2.75, 3.05) is 6.61 Å². The van der Waals surface area contributed by atoms with Crippen molar-refractivity contribution >= 4 is 10.4 Å². The molecule has 1 heterocycles. The molecule has 0 unspecified atom stereocenters. The van der Waals surface area contributed by atoms with Crippen molar-refractivity contribution in [3.05, 3.63) is 12.2 Å². The monoisotopic (exact) mass is 200 g/mol. The molecule has 1 rings (SSSR count). The molecule has 0 aliphatic carbocycles. The molecular formula is C4H8O7S. The van der Waals surface area contributed by atoms with E-state index >= 15 is 0 Å². The maximum absolute atomic E-state index is 8.74. The third kappa shape index (κ3) is 9.49. The molecule has 0 aromatic rings. The second kappa shape index (κ2) is 3.94. The molecule has 1 aliphatic heterocycles. The number of hydrogen-bond acceptors (Lipinski definition) is 5. The molecular weight excluding hydrogens is 192 g/mol. The zero-order valence-electron chi connectivity index (χ0n) is 5.78. The first-order chi connectivity index (χ1) is 5.21. The summed E-state index contributed by atoms with van der Waals surface area (Å²) in [5.41, 5.74) is 0. The molecule has 12 heavy (non-hydrogen) atoms. The van der Waals surface area contributed by atoms with Crippen LogP contribution in [0.5, 0.6) is 0 Å². The van der Waals surface area contributed by atoms with Gasteiger partial charge in [-0.2, -0.15) is 8.42 Å². The predicted molar refractivity (Wildman–Crippen MR) is 36.4 cm³/mol. The average Bonchev–Trinajstić information content (AvgIpc) is 2.08. The van der Waals surface area contributed by atoms with Crippen molar-refractivity contribution < 1.29 is 32.5 Å². The van der Waals surface area contributed by atoms with E-state index < -0.39 is 16.4 Å². The second-order valence-corrected chi connectivity index (χ2v) is 2.72. The lowest BCUT2D eigenvalue weighted by Gasteiger charge is -2.09. The summed E-state index contributed by atoms with van der Waals surface area (Å²) in [6.07, 6.45) is 2.73. The van der Waals surface area contributed by atoms with Gasteiger partial charge in [-0.25, -0.2) is 0 Å². The maximum atomic E-state index is 8.74. The van der Waals surface area contributed by atoms with Gasteiger partial charge in [-0.1, -0.05) is 6.08 Å². The van der Waals surface area contributed by atoms with Gasteiger partial charge in [0.05, 0.1) is 6.61 Å². The molecule has 0 saturated heterocycles. The Morgan fingerprint density at radius 2 is 1.75 bits per heavy atom. The normalized spacial score (nSPS) is 20.0. The smallest absolute Gasteiger partial charge is 0.340 e. The summed E-state index contributed by atoms with van der Waals surface area (Å²) in [7, 11) is -4.67. The second-order valence-electron chi connectivity index (χ2n) is 1.82. The lowest BCUT2D eigenvalue weighted by atomic mass is 10.5. The molecule has 0 aromatic carbocycles. The van der Waals surface area contributed by atoms with Crippen molar-refractivity contribution in [2.24, 2.45) is 0 Å². The van der Waals surface area contributed by atoms with E-state index in [1.54, 1.807) is 6.08 Å². The van der Waals surface area contributed by atoms with Gasteiger partial charge in [0, 0.05) is 6.08 Å². The lowest BCUT2D eigenvalue weighted by Crippen LogP contribution is -2.24. The summed E-state index contributed by atoms with van der Waals surface area (Å²) in [6.45, 7) is 0.285. The SMILES string of the molecule is O=S(=O)(O)O.OC1(O)C=CCO1. The lowest BCUT2D eigenvalue weighted by molar-refractivity contribution is -0.288. The van der Waals surface area contributed by atoms with E-state index in [4.69, 9.17) is 27.7 Å². The van der Waals surface area contributed by atoms with Crippen molar-refractivity contribution in [2.45, 2.75) is 5.97 Å². The Balaban J connectivity index is 0.000000217. The van der Waals surface area contributed by atoms with Gasteiger partial charge in [0.15, 0.2) is 0 Å². The Morgan fingerprint density at radius 1 is 1.33 bits per heavy atom. The van der Waals surface area contributed by atoms with Gasteiger partial charge in [0.2, 0.25) is 0 Å². The Morgan fingerprint density at radius 3 is 1.83 bits per heavy atom. The van der Waals surface area contributed by atoms with Gasteiger partial charge in [-0.15, -0.1) is 0 Å². The van der Waals surface area contributed by atoms with Crippen molar-refractivity contribution in [3.8, 4) is 0 Å². The molecule has 0 fully saturated rings. The zero-order chi connectivity index (χ0) is 9.83. The third-order valence-electron chi connectivity index (χ3n) is 0.727. The van der Waals surface area contributed by atoms with Crippen LogP contribution in [0.4, 0.5) is 0 Å². The highest BCUT2D eigenvalue weighted by Crippen LogP contribution is 2.09. The minimum Gasteiger partial charge on any atom is -0.340 e. The Bertz CT molecular complexity index is 243. The first-order valence-corrected chi connectivity index (χ1v) is 4.07. The summed E-state index contributed by atoms with van der Waals surface area (Å²) >= 11 is 0. The van der Waals surface area contributed by atoms with E-state index in [-0.39, 0.29) is 6.61 Å². The fraction of sp³-hybridized carbons (Fsp3) is 0.500. The molecule has 0 bridgehead atoms. The third-order valence-corrected chi connectivity index (χ3v) is 0.727. The first kappa shape index (κ1) is 11.5. The van der Waals surface area contributed by atoms with Crippen LogP contribution in [0, 0.1) is 0 Å². The average molecular weight is 200 g/mol. The topological polar surface area (TPSA) is 124 Å². The van der Waals surface area contributed by atoms with Crippen LogP contribution in [0.2, 0.25) is 0 Å². The van der Waals surface area contributed by atoms with Crippen LogP contribution in [-0.2, 0) is 15.1 Å². The number of rotatable bonds is 0. The van der Waals surface area contributed by atoms with Crippen LogP contribution >= 0.6 is 0 Å². The number of hydrogen-bond donors (Lipinski definition) is 4. The molecule has 0 radical (unpaired) electrons. The Kier molecular flexibility index (Phi) is 3.77. The highest BCUT2D eigenvalue weighted by atomic mass is 32.3. The highest BCUT2D eigenvalue weighted by Gasteiger charge is 2.22. The summed E-state index contributed by atoms with van der Waals surface area (Å²) < 4.78 is 35.9. The predicted octanol–water partition coefficient (Wildman–Crippen LogP) is -1.44. The van der Waals surface area contributed by atoms with E-state index in [1.165, 1.54) is 6.08 Å². The maximum Gasteiger partial charge on any atom is 0.394 e. The van der Waals surface area contributed by atoms with Crippen molar-refractivity contribution in [3.63, 3.8) is 0 Å². The van der Waals surface area contributed by atoms with Crippen LogP contribution in [0.3, 0.4) is 0 Å². The molecule has 1 aliphatic rings. The van der Waals surface area contributed by atoms with E-state index in [9.17, 15) is 0 Å². The van der Waals surface area contributed by atoms with Crippen molar-refractivity contribution in [1.82, 2.24) is 0 Å². The first-order valence-electron chi connectivity index (χ1n) is 2.67. The summed E-state index contributed by atoms with van der Waals surface area (Å²) in [5, 5.41) is 16.9. The fourth-order valence-electron chi connectivity index (χ4n) is 0.421. The molecule has 0 spiro atoms. The quantitative estimate of drug-likeness (QED) is 0.214. The van der Waals surface area contributed by atoms with E-state index in [2.05, 4.69) is 4.74 Å². The van der Waals surface area contributed by atoms with Crippen LogP contribution < -0.4 is 0 Å². The van der Waals surface area contributed by atoms with Gasteiger partial charge in [0.1, 0.15) is 0 Å². The van der Waals surface area contributed by atoms with Crippen molar-refractivity contribution in [1.29, 1.82) is 0 Å². The molecule has 0 amide bonds. The largest absolute Gasteiger partial charge is 0.394 e. The van der Waals surface area contributed by atoms with Gasteiger partial charge in [-0.3, -0.25) is 9.11 Å². The zero-order valence-corrected chi connectivity index (χ0v) is 6.60. The summed E-state index contributed by atoms with van der Waals surface area (Å²) in [5.74, 6) is -1.99. The van der Waals surface area contributed by atoms with Crippen LogP contribution in [-0.4, -0.2) is 40.3 Å². The van der Waals surface area contributed by atoms with Gasteiger partial charge in [0.25, 0.3) is 5.97 Å². The Labute approximate surface area is 68.5 Å². The number of aliphatic hydroxyl groups is 2. The molecule has 72 valence electrons. The molecule has 4 N–H and O–H groups in total. The minimum atomic E-state index is -4.67. The van der Waals surface area contributed by atoms with E-state index in [1.807, 2.05) is 0 Å². The fourth-order valence-corrected chi connectivity index (χ4v) is 0.421. The van der Waals surface area contributed by atoms with Crippen LogP contribution in [0.1, 0.15) is 0 Å². The molecule has 0 atom stereocenters. The Hall–Kier alpha value is -0.510. The summed E-state index contributed by atoms with van der Waals surface area (Å²) in [4.78, 5) is 0. The summed E-state index contributed by atoms with van der Waals surface area (Å²) in [6, 6.07) is 0. The van der Waals surface area contributed by atoms with E-state index in [0.717, 1.165) is 0 Å². The molecule has 7 nitrogen and oxygen atoms in total. The molecule has 0 saturated carbocycles. The van der Waals surface area contributed by atoms with E-state index in [0.29, 0.717) is 0 Å². The minimum absolute atomic E-state index is 0.285.